The summed E-state index contributed by atoms with van der Waals surface area (Å²) in [6.45, 7) is 5.52. The minimum Gasteiger partial charge on any atom is -0.465 e. The van der Waals surface area contributed by atoms with Gasteiger partial charge >= 0.3 is 12.1 Å². The summed E-state index contributed by atoms with van der Waals surface area (Å²) >= 11 is 0. The third kappa shape index (κ3) is 3.45. The lowest BCUT2D eigenvalue weighted by atomic mass is 9.93. The van der Waals surface area contributed by atoms with E-state index in [4.69, 9.17) is 4.74 Å². The lowest BCUT2D eigenvalue weighted by Gasteiger charge is -2.35. The SMILES string of the molecule is COC(=O)c1cccc(C2=CC3CCC(C2)N3C(=O)OC(C)(C)C)c1F. The summed E-state index contributed by atoms with van der Waals surface area (Å²) in [5.74, 6) is -1.27. The maximum absolute atomic E-state index is 14.8. The zero-order valence-corrected chi connectivity index (χ0v) is 15.5. The highest BCUT2D eigenvalue weighted by molar-refractivity contribution is 5.91. The summed E-state index contributed by atoms with van der Waals surface area (Å²) in [6, 6.07) is 4.59. The summed E-state index contributed by atoms with van der Waals surface area (Å²) in [5.41, 5.74) is 0.587. The van der Waals surface area contributed by atoms with Crippen LogP contribution in [0.3, 0.4) is 0 Å². The molecule has 2 aliphatic rings. The topological polar surface area (TPSA) is 55.8 Å². The Morgan fingerprint density at radius 2 is 1.96 bits per heavy atom. The molecule has 2 heterocycles. The van der Waals surface area contributed by atoms with Crippen molar-refractivity contribution in [3.63, 3.8) is 0 Å². The van der Waals surface area contributed by atoms with Gasteiger partial charge in [0.25, 0.3) is 0 Å². The van der Waals surface area contributed by atoms with Crippen LogP contribution in [0, 0.1) is 5.82 Å². The van der Waals surface area contributed by atoms with E-state index < -0.39 is 17.4 Å². The molecule has 0 aromatic heterocycles. The summed E-state index contributed by atoms with van der Waals surface area (Å²) in [5, 5.41) is 0. The average Bonchev–Trinajstić information content (AvgIpc) is 2.83. The molecular weight excluding hydrogens is 337 g/mol. The van der Waals surface area contributed by atoms with Crippen molar-refractivity contribution >= 4 is 17.6 Å². The van der Waals surface area contributed by atoms with Crippen LogP contribution in [0.1, 0.15) is 56.0 Å². The molecule has 0 radical (unpaired) electrons. The molecule has 2 unspecified atom stereocenters. The number of nitrogens with zero attached hydrogens (tertiary/aromatic N) is 1. The summed E-state index contributed by atoms with van der Waals surface area (Å²) < 4.78 is 25.0. The Morgan fingerprint density at radius 1 is 1.23 bits per heavy atom. The Bertz CT molecular complexity index is 766. The van der Waals surface area contributed by atoms with Crippen LogP contribution < -0.4 is 0 Å². The number of carbonyl (C=O) groups excluding carboxylic acids is 2. The van der Waals surface area contributed by atoms with E-state index in [1.54, 1.807) is 17.0 Å². The van der Waals surface area contributed by atoms with Gasteiger partial charge in [0.05, 0.1) is 18.7 Å². The first-order valence-electron chi connectivity index (χ1n) is 8.80. The van der Waals surface area contributed by atoms with E-state index in [0.29, 0.717) is 12.0 Å². The zero-order valence-electron chi connectivity index (χ0n) is 15.5. The summed E-state index contributed by atoms with van der Waals surface area (Å²) in [7, 11) is 1.23. The van der Waals surface area contributed by atoms with Gasteiger partial charge in [-0.1, -0.05) is 18.2 Å². The first-order valence-corrected chi connectivity index (χ1v) is 8.80. The van der Waals surface area contributed by atoms with Crippen LogP contribution in [-0.4, -0.2) is 41.8 Å². The van der Waals surface area contributed by atoms with Crippen molar-refractivity contribution in [1.29, 1.82) is 0 Å². The molecule has 1 aromatic rings. The van der Waals surface area contributed by atoms with Gasteiger partial charge < -0.3 is 9.47 Å². The molecule has 3 rings (SSSR count). The van der Waals surface area contributed by atoms with Gasteiger partial charge in [0.1, 0.15) is 11.4 Å². The molecule has 0 spiro atoms. The Balaban J connectivity index is 1.89. The molecule has 0 aliphatic carbocycles. The molecule has 26 heavy (non-hydrogen) atoms. The van der Waals surface area contributed by atoms with Gasteiger partial charge in [0.2, 0.25) is 0 Å². The normalized spacial score (nSPS) is 22.0. The van der Waals surface area contributed by atoms with Crippen molar-refractivity contribution in [2.45, 2.75) is 57.7 Å². The van der Waals surface area contributed by atoms with Crippen LogP contribution >= 0.6 is 0 Å². The van der Waals surface area contributed by atoms with Crippen molar-refractivity contribution in [3.05, 3.63) is 41.2 Å². The van der Waals surface area contributed by atoms with E-state index in [2.05, 4.69) is 4.74 Å². The van der Waals surface area contributed by atoms with Crippen LogP contribution in [0.2, 0.25) is 0 Å². The van der Waals surface area contributed by atoms with Crippen molar-refractivity contribution in [3.8, 4) is 0 Å². The average molecular weight is 361 g/mol. The van der Waals surface area contributed by atoms with E-state index in [0.717, 1.165) is 18.4 Å². The number of rotatable bonds is 2. The maximum Gasteiger partial charge on any atom is 0.411 e. The Labute approximate surface area is 152 Å². The maximum atomic E-state index is 14.8. The fourth-order valence-electron chi connectivity index (χ4n) is 3.68. The number of fused-ring (bicyclic) bond motifs is 2. The van der Waals surface area contributed by atoms with Gasteiger partial charge in [-0.25, -0.2) is 14.0 Å². The van der Waals surface area contributed by atoms with Crippen molar-refractivity contribution in [1.82, 2.24) is 4.90 Å². The molecule has 0 N–H and O–H groups in total. The Morgan fingerprint density at radius 3 is 2.58 bits per heavy atom. The Kier molecular flexibility index (Phi) is 4.78. The van der Waals surface area contributed by atoms with Crippen LogP contribution in [0.4, 0.5) is 9.18 Å². The molecule has 2 atom stereocenters. The number of carbonyl (C=O) groups is 2. The second kappa shape index (κ2) is 6.74. The molecule has 2 aliphatic heterocycles. The van der Waals surface area contributed by atoms with Crippen molar-refractivity contribution in [2.75, 3.05) is 7.11 Å². The highest BCUT2D eigenvalue weighted by atomic mass is 19.1. The monoisotopic (exact) mass is 361 g/mol. The van der Waals surface area contributed by atoms with Crippen LogP contribution in [0.15, 0.2) is 24.3 Å². The molecule has 0 saturated carbocycles. The fraction of sp³-hybridized carbons (Fsp3) is 0.500. The molecule has 6 heteroatoms. The number of esters is 1. The number of benzene rings is 1. The molecule has 1 amide bonds. The zero-order chi connectivity index (χ0) is 19.1. The quantitative estimate of drug-likeness (QED) is 0.742. The van der Waals surface area contributed by atoms with Crippen LogP contribution in [0.5, 0.6) is 0 Å². The Hall–Kier alpha value is -2.37. The number of halogens is 1. The molecule has 1 saturated heterocycles. The van der Waals surface area contributed by atoms with Gasteiger partial charge in [0.15, 0.2) is 0 Å². The lowest BCUT2D eigenvalue weighted by molar-refractivity contribution is 0.0175. The molecule has 1 aromatic carbocycles. The third-order valence-electron chi connectivity index (χ3n) is 4.75. The molecule has 1 fully saturated rings. The lowest BCUT2D eigenvalue weighted by Crippen LogP contribution is -2.45. The van der Waals surface area contributed by atoms with Crippen molar-refractivity contribution in [2.24, 2.45) is 0 Å². The van der Waals surface area contributed by atoms with Crippen LogP contribution in [0.25, 0.3) is 5.57 Å². The molecule has 5 nitrogen and oxygen atoms in total. The fourth-order valence-corrected chi connectivity index (χ4v) is 3.68. The number of methoxy groups -OCH3 is 1. The number of hydrogen-bond acceptors (Lipinski definition) is 4. The van der Waals surface area contributed by atoms with E-state index in [9.17, 15) is 14.0 Å². The standard InChI is InChI=1S/C20H24FNO4/c1-20(2,3)26-19(24)22-13-8-9-14(22)11-12(10-13)15-6-5-7-16(17(15)21)18(23)25-4/h5-7,10,13-14H,8-9,11H2,1-4H3. The van der Waals surface area contributed by atoms with Gasteiger partial charge in [-0.15, -0.1) is 0 Å². The van der Waals surface area contributed by atoms with Crippen molar-refractivity contribution < 1.29 is 23.5 Å². The highest BCUT2D eigenvalue weighted by Crippen LogP contribution is 2.40. The summed E-state index contributed by atoms with van der Waals surface area (Å²) in [4.78, 5) is 26.0. The largest absolute Gasteiger partial charge is 0.465 e. The number of hydrogen-bond donors (Lipinski definition) is 0. The second-order valence-electron chi connectivity index (χ2n) is 7.74. The van der Waals surface area contributed by atoms with Gasteiger partial charge in [-0.3, -0.25) is 4.90 Å². The molecular formula is C20H24FNO4. The molecule has 140 valence electrons. The number of amides is 1. The van der Waals surface area contributed by atoms with Gasteiger partial charge in [0, 0.05) is 11.6 Å². The smallest absolute Gasteiger partial charge is 0.411 e. The summed E-state index contributed by atoms with van der Waals surface area (Å²) in [6.07, 6.45) is 3.81. The van der Waals surface area contributed by atoms with E-state index >= 15 is 0 Å². The number of ether oxygens (including phenoxy) is 2. The van der Waals surface area contributed by atoms with E-state index in [1.807, 2.05) is 26.8 Å². The minimum atomic E-state index is -0.695. The van der Waals surface area contributed by atoms with Gasteiger partial charge in [-0.05, 0) is 51.7 Å². The van der Waals surface area contributed by atoms with E-state index in [1.165, 1.54) is 13.2 Å². The van der Waals surface area contributed by atoms with Crippen LogP contribution in [-0.2, 0) is 9.47 Å². The first-order chi connectivity index (χ1) is 12.2. The molecule has 2 bridgehead atoms. The third-order valence-corrected chi connectivity index (χ3v) is 4.75. The van der Waals surface area contributed by atoms with Gasteiger partial charge in [-0.2, -0.15) is 0 Å². The minimum absolute atomic E-state index is 0.0176. The highest BCUT2D eigenvalue weighted by Gasteiger charge is 2.42. The first kappa shape index (κ1) is 18.4. The second-order valence-corrected chi connectivity index (χ2v) is 7.74. The van der Waals surface area contributed by atoms with E-state index in [-0.39, 0.29) is 23.7 Å². The predicted octanol–water partition coefficient (Wildman–Crippen LogP) is 4.17. The predicted molar refractivity (Wildman–Crippen MR) is 95.2 cm³/mol.